The van der Waals surface area contributed by atoms with E-state index >= 15 is 0 Å². The normalized spacial score (nSPS) is 21.3. The quantitative estimate of drug-likeness (QED) is 0.739. The van der Waals surface area contributed by atoms with Gasteiger partial charge < -0.3 is 9.47 Å². The van der Waals surface area contributed by atoms with Gasteiger partial charge in [0.2, 0.25) is 0 Å². The molecule has 0 radical (unpaired) electrons. The molecule has 0 amide bonds. The van der Waals surface area contributed by atoms with Gasteiger partial charge in [0.05, 0.1) is 6.61 Å². The Hall–Kier alpha value is -1.02. The lowest BCUT2D eigenvalue weighted by Gasteiger charge is -2.24. The van der Waals surface area contributed by atoms with Crippen molar-refractivity contribution >= 4 is 0 Å². The van der Waals surface area contributed by atoms with Crippen LogP contribution in [0.25, 0.3) is 0 Å². The third kappa shape index (κ3) is 2.72. The second kappa shape index (κ2) is 4.67. The molecule has 0 saturated carbocycles. The largest absolute Gasteiger partial charge is 0.465 e. The SMILES string of the molecule is Cc1ccc(C)c(OC2CCCCO2)c1. The minimum atomic E-state index is -0.0424. The molecule has 0 aliphatic carbocycles. The van der Waals surface area contributed by atoms with Gasteiger partial charge >= 0.3 is 0 Å². The Morgan fingerprint density at radius 3 is 2.87 bits per heavy atom. The average molecular weight is 206 g/mol. The van der Waals surface area contributed by atoms with E-state index in [1.807, 2.05) is 0 Å². The van der Waals surface area contributed by atoms with E-state index in [-0.39, 0.29) is 6.29 Å². The zero-order valence-corrected chi connectivity index (χ0v) is 9.45. The second-order valence-corrected chi connectivity index (χ2v) is 4.18. The topological polar surface area (TPSA) is 18.5 Å². The summed E-state index contributed by atoms with van der Waals surface area (Å²) in [6.45, 7) is 4.97. The van der Waals surface area contributed by atoms with Gasteiger partial charge in [-0.25, -0.2) is 0 Å². The van der Waals surface area contributed by atoms with Crippen LogP contribution in [0.4, 0.5) is 0 Å². The smallest absolute Gasteiger partial charge is 0.199 e. The molecule has 2 nitrogen and oxygen atoms in total. The van der Waals surface area contributed by atoms with Crippen LogP contribution in [0.5, 0.6) is 5.75 Å². The summed E-state index contributed by atoms with van der Waals surface area (Å²) >= 11 is 0. The molecule has 1 aromatic carbocycles. The fourth-order valence-electron chi connectivity index (χ4n) is 1.78. The zero-order valence-electron chi connectivity index (χ0n) is 9.45. The number of ether oxygens (including phenoxy) is 2. The highest BCUT2D eigenvalue weighted by Crippen LogP contribution is 2.23. The van der Waals surface area contributed by atoms with Crippen LogP contribution in [0.1, 0.15) is 30.4 Å². The van der Waals surface area contributed by atoms with Crippen LogP contribution in [0.3, 0.4) is 0 Å². The van der Waals surface area contributed by atoms with E-state index in [0.29, 0.717) is 0 Å². The molecule has 2 rings (SSSR count). The Labute approximate surface area is 91.2 Å². The van der Waals surface area contributed by atoms with Crippen molar-refractivity contribution in [3.05, 3.63) is 29.3 Å². The van der Waals surface area contributed by atoms with Crippen molar-refractivity contribution in [1.29, 1.82) is 0 Å². The monoisotopic (exact) mass is 206 g/mol. The minimum Gasteiger partial charge on any atom is -0.465 e. The summed E-state index contributed by atoms with van der Waals surface area (Å²) in [7, 11) is 0. The second-order valence-electron chi connectivity index (χ2n) is 4.18. The van der Waals surface area contributed by atoms with Gasteiger partial charge in [0.25, 0.3) is 0 Å². The van der Waals surface area contributed by atoms with Gasteiger partial charge in [-0.3, -0.25) is 0 Å². The van der Waals surface area contributed by atoms with E-state index in [4.69, 9.17) is 9.47 Å². The molecule has 0 spiro atoms. The summed E-state index contributed by atoms with van der Waals surface area (Å²) < 4.78 is 11.4. The third-order valence-electron chi connectivity index (χ3n) is 2.74. The van der Waals surface area contributed by atoms with E-state index < -0.39 is 0 Å². The Bertz CT molecular complexity index is 327. The van der Waals surface area contributed by atoms with Crippen LogP contribution < -0.4 is 4.74 Å². The highest BCUT2D eigenvalue weighted by Gasteiger charge is 2.15. The molecule has 1 fully saturated rings. The van der Waals surface area contributed by atoms with E-state index in [2.05, 4.69) is 32.0 Å². The van der Waals surface area contributed by atoms with Gasteiger partial charge in [-0.05, 0) is 43.9 Å². The number of aryl methyl sites for hydroxylation is 2. The summed E-state index contributed by atoms with van der Waals surface area (Å²) in [4.78, 5) is 0. The van der Waals surface area contributed by atoms with Crippen LogP contribution in [-0.2, 0) is 4.74 Å². The van der Waals surface area contributed by atoms with Crippen LogP contribution in [-0.4, -0.2) is 12.9 Å². The molecule has 15 heavy (non-hydrogen) atoms. The molecule has 0 N–H and O–H groups in total. The highest BCUT2D eigenvalue weighted by atomic mass is 16.7. The fourth-order valence-corrected chi connectivity index (χ4v) is 1.78. The maximum atomic E-state index is 5.84. The molecule has 1 saturated heterocycles. The van der Waals surface area contributed by atoms with E-state index in [1.165, 1.54) is 17.5 Å². The van der Waals surface area contributed by atoms with Gasteiger partial charge in [-0.2, -0.15) is 0 Å². The van der Waals surface area contributed by atoms with Crippen molar-refractivity contribution in [3.63, 3.8) is 0 Å². The third-order valence-corrected chi connectivity index (χ3v) is 2.74. The summed E-state index contributed by atoms with van der Waals surface area (Å²) in [5.74, 6) is 0.960. The lowest BCUT2D eigenvalue weighted by atomic mass is 10.1. The molecular weight excluding hydrogens is 188 g/mol. The molecule has 1 atom stereocenters. The minimum absolute atomic E-state index is 0.0424. The fraction of sp³-hybridized carbons (Fsp3) is 0.538. The van der Waals surface area contributed by atoms with Gasteiger partial charge in [0, 0.05) is 6.42 Å². The van der Waals surface area contributed by atoms with Crippen LogP contribution in [0, 0.1) is 13.8 Å². The molecule has 1 heterocycles. The predicted octanol–water partition coefficient (Wildman–Crippen LogP) is 3.21. The van der Waals surface area contributed by atoms with Crippen molar-refractivity contribution in [2.24, 2.45) is 0 Å². The predicted molar refractivity (Wildman–Crippen MR) is 60.1 cm³/mol. The molecule has 82 valence electrons. The first-order valence-electron chi connectivity index (χ1n) is 5.61. The van der Waals surface area contributed by atoms with Crippen molar-refractivity contribution in [2.75, 3.05) is 6.61 Å². The van der Waals surface area contributed by atoms with Crippen molar-refractivity contribution in [3.8, 4) is 5.75 Å². The Morgan fingerprint density at radius 1 is 1.27 bits per heavy atom. The lowest BCUT2D eigenvalue weighted by molar-refractivity contribution is -0.106. The van der Waals surface area contributed by atoms with Gasteiger partial charge in [-0.15, -0.1) is 0 Å². The molecule has 1 aliphatic rings. The van der Waals surface area contributed by atoms with Gasteiger partial charge in [0.1, 0.15) is 5.75 Å². The van der Waals surface area contributed by atoms with Crippen molar-refractivity contribution in [1.82, 2.24) is 0 Å². The molecule has 1 aliphatic heterocycles. The van der Waals surface area contributed by atoms with Crippen LogP contribution >= 0.6 is 0 Å². The zero-order chi connectivity index (χ0) is 10.7. The van der Waals surface area contributed by atoms with Crippen molar-refractivity contribution in [2.45, 2.75) is 39.4 Å². The molecular formula is C13H18O2. The van der Waals surface area contributed by atoms with Gasteiger partial charge in [-0.1, -0.05) is 12.1 Å². The standard InChI is InChI=1S/C13H18O2/c1-10-6-7-11(2)12(9-10)15-13-5-3-4-8-14-13/h6-7,9,13H,3-5,8H2,1-2H3. The number of hydrogen-bond acceptors (Lipinski definition) is 2. The molecule has 0 bridgehead atoms. The average Bonchev–Trinajstić information content (AvgIpc) is 2.25. The maximum Gasteiger partial charge on any atom is 0.199 e. The van der Waals surface area contributed by atoms with Gasteiger partial charge in [0.15, 0.2) is 6.29 Å². The lowest BCUT2D eigenvalue weighted by Crippen LogP contribution is -2.25. The summed E-state index contributed by atoms with van der Waals surface area (Å²) in [6, 6.07) is 6.27. The highest BCUT2D eigenvalue weighted by molar-refractivity contribution is 5.36. The number of hydrogen-bond donors (Lipinski definition) is 0. The molecule has 0 aromatic heterocycles. The summed E-state index contributed by atoms with van der Waals surface area (Å²) in [6.07, 6.45) is 3.33. The molecule has 1 unspecified atom stereocenters. The summed E-state index contributed by atoms with van der Waals surface area (Å²) in [5, 5.41) is 0. The Morgan fingerprint density at radius 2 is 2.13 bits per heavy atom. The summed E-state index contributed by atoms with van der Waals surface area (Å²) in [5.41, 5.74) is 2.40. The first kappa shape index (κ1) is 10.5. The van der Waals surface area contributed by atoms with E-state index in [9.17, 15) is 0 Å². The number of rotatable bonds is 2. The first-order chi connectivity index (χ1) is 7.25. The number of benzene rings is 1. The van der Waals surface area contributed by atoms with Crippen molar-refractivity contribution < 1.29 is 9.47 Å². The molecule has 1 aromatic rings. The van der Waals surface area contributed by atoms with E-state index in [0.717, 1.165) is 25.2 Å². The molecule has 2 heteroatoms. The van der Waals surface area contributed by atoms with E-state index in [1.54, 1.807) is 0 Å². The Balaban J connectivity index is 2.05. The van der Waals surface area contributed by atoms with Crippen LogP contribution in [0.2, 0.25) is 0 Å². The van der Waals surface area contributed by atoms with Crippen LogP contribution in [0.15, 0.2) is 18.2 Å². The first-order valence-corrected chi connectivity index (χ1v) is 5.61. The maximum absolute atomic E-state index is 5.84. The Kier molecular flexibility index (Phi) is 3.27.